The van der Waals surface area contributed by atoms with Crippen LogP contribution in [0.4, 0.5) is 5.69 Å². The van der Waals surface area contributed by atoms with E-state index in [9.17, 15) is 10.1 Å². The Balaban J connectivity index is 2.11. The highest BCUT2D eigenvalue weighted by molar-refractivity contribution is 7.80. The van der Waals surface area contributed by atoms with Gasteiger partial charge in [-0.1, -0.05) is 18.2 Å². The van der Waals surface area contributed by atoms with E-state index < -0.39 is 4.92 Å². The zero-order valence-corrected chi connectivity index (χ0v) is 15.6. The molecule has 0 spiro atoms. The lowest BCUT2D eigenvalue weighted by Crippen LogP contribution is -2.24. The van der Waals surface area contributed by atoms with Gasteiger partial charge in [0.05, 0.1) is 23.9 Å². The van der Waals surface area contributed by atoms with Gasteiger partial charge in [0.25, 0.3) is 0 Å². The van der Waals surface area contributed by atoms with E-state index in [1.54, 1.807) is 16.9 Å². The molecule has 0 bridgehead atoms. The molecule has 0 saturated carbocycles. The van der Waals surface area contributed by atoms with Gasteiger partial charge in [-0.15, -0.1) is 0 Å². The SMILES string of the molecule is COc1ccc(-c2nn(-c3ccccc3)cc2C=NNC(N)=S)cc1[N+](=O)[O-]. The maximum absolute atomic E-state index is 11.4. The van der Waals surface area contributed by atoms with Gasteiger partial charge in [0.2, 0.25) is 0 Å². The highest BCUT2D eigenvalue weighted by atomic mass is 32.1. The first-order valence-electron chi connectivity index (χ1n) is 8.06. The molecule has 0 aliphatic heterocycles. The first-order chi connectivity index (χ1) is 13.5. The van der Waals surface area contributed by atoms with E-state index in [0.29, 0.717) is 16.8 Å². The summed E-state index contributed by atoms with van der Waals surface area (Å²) in [7, 11) is 1.38. The first-order valence-corrected chi connectivity index (χ1v) is 8.47. The number of nitrogens with one attached hydrogen (secondary N) is 1. The summed E-state index contributed by atoms with van der Waals surface area (Å²) in [5.74, 6) is 0.168. The van der Waals surface area contributed by atoms with Gasteiger partial charge in [-0.2, -0.15) is 10.2 Å². The number of nitro groups is 1. The molecule has 142 valence electrons. The molecule has 0 unspecified atom stereocenters. The Morgan fingerprint density at radius 3 is 2.75 bits per heavy atom. The number of methoxy groups -OCH3 is 1. The summed E-state index contributed by atoms with van der Waals surface area (Å²) in [6.07, 6.45) is 3.25. The third-order valence-electron chi connectivity index (χ3n) is 3.79. The first kappa shape index (κ1) is 19.0. The molecule has 9 nitrogen and oxygen atoms in total. The highest BCUT2D eigenvalue weighted by Gasteiger charge is 2.19. The van der Waals surface area contributed by atoms with Crippen LogP contribution >= 0.6 is 12.2 Å². The Bertz CT molecular complexity index is 1050. The molecule has 0 saturated heterocycles. The lowest BCUT2D eigenvalue weighted by Gasteiger charge is -2.04. The van der Waals surface area contributed by atoms with Gasteiger partial charge in [-0.25, -0.2) is 4.68 Å². The fourth-order valence-corrected chi connectivity index (χ4v) is 2.62. The molecule has 3 rings (SSSR count). The van der Waals surface area contributed by atoms with E-state index in [0.717, 1.165) is 5.69 Å². The molecule has 1 heterocycles. The van der Waals surface area contributed by atoms with Gasteiger partial charge in [-0.05, 0) is 36.5 Å². The molecule has 0 radical (unpaired) electrons. The summed E-state index contributed by atoms with van der Waals surface area (Å²) in [4.78, 5) is 10.9. The third kappa shape index (κ3) is 4.13. The second kappa shape index (κ2) is 8.27. The summed E-state index contributed by atoms with van der Waals surface area (Å²) in [5.41, 5.74) is 10.2. The third-order valence-corrected chi connectivity index (χ3v) is 3.88. The van der Waals surface area contributed by atoms with Crippen LogP contribution in [0.25, 0.3) is 16.9 Å². The number of rotatable bonds is 6. The van der Waals surface area contributed by atoms with Gasteiger partial charge in [0, 0.05) is 23.4 Å². The fraction of sp³-hybridized carbons (Fsp3) is 0.0556. The largest absolute Gasteiger partial charge is 0.490 e. The molecule has 1 aromatic heterocycles. The average molecular weight is 396 g/mol. The number of nitrogens with zero attached hydrogens (tertiary/aromatic N) is 4. The molecule has 2 aromatic carbocycles. The number of nitrogens with two attached hydrogens (primary N) is 1. The predicted molar refractivity (Wildman–Crippen MR) is 110 cm³/mol. The van der Waals surface area contributed by atoms with Crippen molar-refractivity contribution in [2.45, 2.75) is 0 Å². The molecular formula is C18H16N6O3S. The van der Waals surface area contributed by atoms with Gasteiger partial charge in [0.15, 0.2) is 10.9 Å². The van der Waals surface area contributed by atoms with Crippen LogP contribution in [0.3, 0.4) is 0 Å². The number of hydrazone groups is 1. The van der Waals surface area contributed by atoms with Crippen molar-refractivity contribution >= 4 is 29.2 Å². The van der Waals surface area contributed by atoms with E-state index in [1.165, 1.54) is 25.5 Å². The number of para-hydroxylation sites is 1. The zero-order chi connectivity index (χ0) is 20.1. The van der Waals surface area contributed by atoms with Gasteiger partial charge in [0.1, 0.15) is 5.69 Å². The standard InChI is InChI=1S/C18H16N6O3S/c1-27-16-8-7-12(9-15(16)24(25)26)17-13(10-20-21-18(19)28)11-23(22-17)14-5-3-2-4-6-14/h2-11H,1H3,(H3,19,21,28). The Morgan fingerprint density at radius 2 is 2.11 bits per heavy atom. The van der Waals surface area contributed by atoms with Crippen LogP contribution in [0.1, 0.15) is 5.56 Å². The molecule has 10 heteroatoms. The lowest BCUT2D eigenvalue weighted by atomic mass is 10.1. The maximum atomic E-state index is 11.4. The molecule has 0 aliphatic rings. The molecule has 3 aromatic rings. The molecule has 3 N–H and O–H groups in total. The number of thiocarbonyl (C=S) groups is 1. The number of hydrogen-bond donors (Lipinski definition) is 2. The predicted octanol–water partition coefficient (Wildman–Crippen LogP) is 2.62. The monoisotopic (exact) mass is 396 g/mol. The van der Waals surface area contributed by atoms with Crippen molar-refractivity contribution in [1.29, 1.82) is 0 Å². The quantitative estimate of drug-likeness (QED) is 0.284. The van der Waals surface area contributed by atoms with Gasteiger partial charge in [-0.3, -0.25) is 15.5 Å². The van der Waals surface area contributed by atoms with Crippen molar-refractivity contribution < 1.29 is 9.66 Å². The Labute approximate surface area is 165 Å². The maximum Gasteiger partial charge on any atom is 0.311 e. The normalized spacial score (nSPS) is 10.8. The molecule has 28 heavy (non-hydrogen) atoms. The smallest absolute Gasteiger partial charge is 0.311 e. The van der Waals surface area contributed by atoms with Crippen molar-refractivity contribution in [1.82, 2.24) is 15.2 Å². The number of hydrogen-bond acceptors (Lipinski definition) is 6. The van der Waals surface area contributed by atoms with E-state index >= 15 is 0 Å². The van der Waals surface area contributed by atoms with Crippen LogP contribution in [0.2, 0.25) is 0 Å². The second-order valence-corrected chi connectivity index (χ2v) is 6.03. The van der Waals surface area contributed by atoms with E-state index in [2.05, 4.69) is 15.6 Å². The molecule has 0 atom stereocenters. The van der Waals surface area contributed by atoms with Crippen LogP contribution < -0.4 is 15.9 Å². The summed E-state index contributed by atoms with van der Waals surface area (Å²) in [6, 6.07) is 14.1. The lowest BCUT2D eigenvalue weighted by molar-refractivity contribution is -0.385. The van der Waals surface area contributed by atoms with Gasteiger partial charge >= 0.3 is 5.69 Å². The Hall–Kier alpha value is -3.79. The minimum atomic E-state index is -0.501. The minimum absolute atomic E-state index is 0.0216. The summed E-state index contributed by atoms with van der Waals surface area (Å²) in [6.45, 7) is 0. The van der Waals surface area contributed by atoms with Crippen LogP contribution in [-0.2, 0) is 0 Å². The summed E-state index contributed by atoms with van der Waals surface area (Å²) >= 11 is 4.74. The number of benzene rings is 2. The van der Waals surface area contributed by atoms with Crippen LogP contribution in [-0.4, -0.2) is 33.1 Å². The summed E-state index contributed by atoms with van der Waals surface area (Å²) < 4.78 is 6.72. The van der Waals surface area contributed by atoms with Crippen molar-refractivity contribution in [3.63, 3.8) is 0 Å². The average Bonchev–Trinajstić information content (AvgIpc) is 3.12. The van der Waals surface area contributed by atoms with Crippen molar-refractivity contribution in [3.05, 3.63) is 70.4 Å². The minimum Gasteiger partial charge on any atom is -0.490 e. The van der Waals surface area contributed by atoms with Crippen LogP contribution in [0, 0.1) is 10.1 Å². The van der Waals surface area contributed by atoms with Crippen molar-refractivity contribution in [2.24, 2.45) is 10.8 Å². The Morgan fingerprint density at radius 1 is 1.36 bits per heavy atom. The van der Waals surface area contributed by atoms with E-state index in [1.807, 2.05) is 30.3 Å². The highest BCUT2D eigenvalue weighted by Crippen LogP contribution is 2.32. The molecular weight excluding hydrogens is 380 g/mol. The topological polar surface area (TPSA) is 121 Å². The second-order valence-electron chi connectivity index (χ2n) is 5.59. The van der Waals surface area contributed by atoms with Crippen molar-refractivity contribution in [3.8, 4) is 22.7 Å². The number of nitro benzene ring substituents is 1. The van der Waals surface area contributed by atoms with E-state index in [4.69, 9.17) is 22.7 Å². The molecule has 0 aliphatic carbocycles. The van der Waals surface area contributed by atoms with Crippen LogP contribution in [0.15, 0.2) is 59.8 Å². The summed E-state index contributed by atoms with van der Waals surface area (Å²) in [5, 5.41) is 19.9. The Kier molecular flexibility index (Phi) is 5.61. The van der Waals surface area contributed by atoms with Crippen LogP contribution in [0.5, 0.6) is 5.75 Å². The van der Waals surface area contributed by atoms with Gasteiger partial charge < -0.3 is 10.5 Å². The fourth-order valence-electron chi connectivity index (χ4n) is 2.56. The molecule has 0 amide bonds. The van der Waals surface area contributed by atoms with E-state index in [-0.39, 0.29) is 16.5 Å². The van der Waals surface area contributed by atoms with Crippen molar-refractivity contribution in [2.75, 3.05) is 7.11 Å². The number of ether oxygens (including phenoxy) is 1. The molecule has 0 fully saturated rings. The zero-order valence-electron chi connectivity index (χ0n) is 14.8. The number of aromatic nitrogens is 2.